The van der Waals surface area contributed by atoms with Crippen LogP contribution in [0.3, 0.4) is 0 Å². The van der Waals surface area contributed by atoms with Crippen LogP contribution in [0.1, 0.15) is 35.6 Å². The molecule has 8 nitrogen and oxygen atoms in total. The van der Waals surface area contributed by atoms with Crippen molar-refractivity contribution in [1.82, 2.24) is 28.7 Å². The zero-order valence-electron chi connectivity index (χ0n) is 15.4. The van der Waals surface area contributed by atoms with Crippen LogP contribution in [0.15, 0.2) is 23.6 Å². The van der Waals surface area contributed by atoms with E-state index in [4.69, 9.17) is 0 Å². The Labute approximate surface area is 156 Å². The van der Waals surface area contributed by atoms with E-state index in [-0.39, 0.29) is 22.3 Å². The molecule has 1 aliphatic rings. The number of aromatic nitrogens is 5. The first-order chi connectivity index (χ1) is 12.8. The zero-order chi connectivity index (χ0) is 19.3. The second-order valence-corrected chi connectivity index (χ2v) is 8.85. The van der Waals surface area contributed by atoms with Crippen LogP contribution in [0.5, 0.6) is 0 Å². The predicted octanol–water partition coefficient (Wildman–Crippen LogP) is 1.79. The van der Waals surface area contributed by atoms with Gasteiger partial charge < -0.3 is 0 Å². The molecule has 0 amide bonds. The van der Waals surface area contributed by atoms with E-state index < -0.39 is 10.0 Å². The Morgan fingerprint density at radius 2 is 1.89 bits per heavy atom. The van der Waals surface area contributed by atoms with Crippen LogP contribution in [0, 0.1) is 19.7 Å². The normalized spacial score (nSPS) is 17.0. The molecule has 1 saturated heterocycles. The first-order valence-corrected chi connectivity index (χ1v) is 10.2. The number of pyridine rings is 1. The molecule has 3 aromatic heterocycles. The van der Waals surface area contributed by atoms with Crippen molar-refractivity contribution >= 4 is 15.7 Å². The van der Waals surface area contributed by atoms with Gasteiger partial charge in [0.25, 0.3) is 0 Å². The first-order valence-electron chi connectivity index (χ1n) is 8.77. The third-order valence-electron chi connectivity index (χ3n) is 5.49. The molecule has 0 aliphatic carbocycles. The van der Waals surface area contributed by atoms with Crippen molar-refractivity contribution in [3.63, 3.8) is 0 Å². The van der Waals surface area contributed by atoms with Crippen LogP contribution < -0.4 is 0 Å². The summed E-state index contributed by atoms with van der Waals surface area (Å²) in [7, 11) is -1.85. The maximum Gasteiger partial charge on any atom is 0.246 e. The predicted molar refractivity (Wildman–Crippen MR) is 96.4 cm³/mol. The second-order valence-electron chi connectivity index (χ2n) is 6.95. The standard InChI is InChI=1S/C17H21FN6O2S/c1-11-14(9-24-17(16(11)18)19-10-21-24)13-4-6-23(7-5-13)27(25,26)15-8-20-22(3)12(15)2/h8-10,13H,4-7H2,1-3H3. The van der Waals surface area contributed by atoms with Crippen LogP contribution >= 0.6 is 0 Å². The highest BCUT2D eigenvalue weighted by atomic mass is 32.2. The van der Waals surface area contributed by atoms with Crippen molar-refractivity contribution in [2.75, 3.05) is 13.1 Å². The van der Waals surface area contributed by atoms with Crippen molar-refractivity contribution in [2.24, 2.45) is 7.05 Å². The molecule has 0 saturated carbocycles. The average Bonchev–Trinajstić information content (AvgIpc) is 3.26. The van der Waals surface area contributed by atoms with Gasteiger partial charge in [-0.25, -0.2) is 22.3 Å². The highest BCUT2D eigenvalue weighted by molar-refractivity contribution is 7.89. The van der Waals surface area contributed by atoms with Crippen LogP contribution in [0.2, 0.25) is 0 Å². The Morgan fingerprint density at radius 1 is 1.19 bits per heavy atom. The van der Waals surface area contributed by atoms with E-state index in [0.29, 0.717) is 37.2 Å². The van der Waals surface area contributed by atoms with Gasteiger partial charge in [-0.05, 0) is 43.7 Å². The number of nitrogens with zero attached hydrogens (tertiary/aromatic N) is 6. The summed E-state index contributed by atoms with van der Waals surface area (Å²) >= 11 is 0. The lowest BCUT2D eigenvalue weighted by atomic mass is 9.88. The van der Waals surface area contributed by atoms with Gasteiger partial charge in [-0.2, -0.15) is 14.5 Å². The van der Waals surface area contributed by atoms with Gasteiger partial charge in [-0.3, -0.25) is 4.68 Å². The number of piperidine rings is 1. The van der Waals surface area contributed by atoms with E-state index in [1.807, 2.05) is 0 Å². The summed E-state index contributed by atoms with van der Waals surface area (Å²) in [4.78, 5) is 4.18. The largest absolute Gasteiger partial charge is 0.272 e. The van der Waals surface area contributed by atoms with Crippen LogP contribution in [0.4, 0.5) is 4.39 Å². The fraction of sp³-hybridized carbons (Fsp3) is 0.471. The lowest BCUT2D eigenvalue weighted by molar-refractivity contribution is 0.318. The van der Waals surface area contributed by atoms with Crippen LogP contribution in [-0.2, 0) is 17.1 Å². The molecule has 0 aromatic carbocycles. The summed E-state index contributed by atoms with van der Waals surface area (Å²) in [6.07, 6.45) is 5.78. The highest BCUT2D eigenvalue weighted by Crippen LogP contribution is 2.34. The van der Waals surface area contributed by atoms with Gasteiger partial charge in [0.1, 0.15) is 11.2 Å². The van der Waals surface area contributed by atoms with E-state index in [1.165, 1.54) is 21.3 Å². The van der Waals surface area contributed by atoms with Crippen molar-refractivity contribution in [3.8, 4) is 0 Å². The zero-order valence-corrected chi connectivity index (χ0v) is 16.2. The molecule has 144 valence electrons. The maximum absolute atomic E-state index is 14.5. The van der Waals surface area contributed by atoms with Crippen molar-refractivity contribution in [1.29, 1.82) is 0 Å². The van der Waals surface area contributed by atoms with E-state index in [2.05, 4.69) is 15.2 Å². The topological polar surface area (TPSA) is 85.4 Å². The third kappa shape index (κ3) is 2.83. The number of halogens is 1. The minimum Gasteiger partial charge on any atom is -0.272 e. The SMILES string of the molecule is Cc1c(C2CCN(S(=O)(=O)c3cnn(C)c3C)CC2)cn2ncnc2c1F. The van der Waals surface area contributed by atoms with Crippen molar-refractivity contribution in [3.05, 3.63) is 41.4 Å². The van der Waals surface area contributed by atoms with Gasteiger partial charge in [0.2, 0.25) is 10.0 Å². The summed E-state index contributed by atoms with van der Waals surface area (Å²) in [5.41, 5.74) is 2.25. The fourth-order valence-corrected chi connectivity index (χ4v) is 5.37. The molecular formula is C17H21FN6O2S. The molecule has 0 radical (unpaired) electrons. The Kier molecular flexibility index (Phi) is 4.26. The third-order valence-corrected chi connectivity index (χ3v) is 7.50. The number of rotatable bonds is 3. The van der Waals surface area contributed by atoms with Crippen LogP contribution in [0.25, 0.3) is 5.65 Å². The molecule has 1 fully saturated rings. The number of aryl methyl sites for hydroxylation is 1. The Morgan fingerprint density at radius 3 is 2.52 bits per heavy atom. The number of fused-ring (bicyclic) bond motifs is 1. The van der Waals surface area contributed by atoms with E-state index >= 15 is 0 Å². The van der Waals surface area contributed by atoms with Crippen LogP contribution in [-0.4, -0.2) is 50.2 Å². The second kappa shape index (κ2) is 6.38. The summed E-state index contributed by atoms with van der Waals surface area (Å²) in [6, 6.07) is 0. The summed E-state index contributed by atoms with van der Waals surface area (Å²) < 4.78 is 44.9. The maximum atomic E-state index is 14.5. The van der Waals surface area contributed by atoms with Gasteiger partial charge >= 0.3 is 0 Å². The Balaban J connectivity index is 1.58. The molecule has 3 aromatic rings. The lowest BCUT2D eigenvalue weighted by Gasteiger charge is -2.32. The quantitative estimate of drug-likeness (QED) is 0.678. The first kappa shape index (κ1) is 18.1. The van der Waals surface area contributed by atoms with Gasteiger partial charge in [-0.15, -0.1) is 0 Å². The minimum atomic E-state index is -3.57. The summed E-state index contributed by atoms with van der Waals surface area (Å²) in [5, 5.41) is 8.07. The van der Waals surface area contributed by atoms with E-state index in [9.17, 15) is 12.8 Å². The number of hydrogen-bond acceptors (Lipinski definition) is 5. The molecule has 1 aliphatic heterocycles. The van der Waals surface area contributed by atoms with E-state index in [1.54, 1.807) is 31.8 Å². The molecule has 0 N–H and O–H groups in total. The van der Waals surface area contributed by atoms with Gasteiger partial charge in [0, 0.05) is 26.3 Å². The van der Waals surface area contributed by atoms with Crippen molar-refractivity contribution in [2.45, 2.75) is 37.5 Å². The molecule has 4 rings (SSSR count). The monoisotopic (exact) mass is 392 g/mol. The number of hydrogen-bond donors (Lipinski definition) is 0. The summed E-state index contributed by atoms with van der Waals surface area (Å²) in [6.45, 7) is 4.25. The Hall–Kier alpha value is -2.33. The summed E-state index contributed by atoms with van der Waals surface area (Å²) in [5.74, 6) is -0.291. The van der Waals surface area contributed by atoms with Crippen molar-refractivity contribution < 1.29 is 12.8 Å². The fourth-order valence-electron chi connectivity index (χ4n) is 3.71. The average molecular weight is 392 g/mol. The molecule has 0 spiro atoms. The molecule has 4 heterocycles. The number of sulfonamides is 1. The van der Waals surface area contributed by atoms with Gasteiger partial charge in [-0.1, -0.05) is 0 Å². The van der Waals surface area contributed by atoms with E-state index in [0.717, 1.165) is 5.56 Å². The van der Waals surface area contributed by atoms with Gasteiger partial charge in [0.05, 0.1) is 11.9 Å². The molecule has 0 atom stereocenters. The molecule has 10 heteroatoms. The molecule has 0 bridgehead atoms. The highest BCUT2D eigenvalue weighted by Gasteiger charge is 2.33. The molecular weight excluding hydrogens is 371 g/mol. The van der Waals surface area contributed by atoms with Gasteiger partial charge in [0.15, 0.2) is 11.5 Å². The molecule has 27 heavy (non-hydrogen) atoms. The minimum absolute atomic E-state index is 0.0783. The molecule has 0 unspecified atom stereocenters. The Bertz CT molecular complexity index is 1110. The lowest BCUT2D eigenvalue weighted by Crippen LogP contribution is -2.38. The smallest absolute Gasteiger partial charge is 0.246 e.